The maximum absolute atomic E-state index is 12.3. The van der Waals surface area contributed by atoms with Gasteiger partial charge in [-0.3, -0.25) is 4.72 Å². The number of nitrogens with one attached hydrogen (secondary N) is 1. The second kappa shape index (κ2) is 5.64. The molecular formula is C14H13Cl2NO2S. The highest BCUT2D eigenvalue weighted by Gasteiger charge is 2.17. The van der Waals surface area contributed by atoms with Crippen LogP contribution >= 0.6 is 23.2 Å². The first-order valence-electron chi connectivity index (χ1n) is 5.85. The molecule has 0 bridgehead atoms. The predicted molar refractivity (Wildman–Crippen MR) is 83.2 cm³/mol. The van der Waals surface area contributed by atoms with Crippen LogP contribution in [0.2, 0.25) is 10.0 Å². The fraction of sp³-hybridized carbons (Fsp3) is 0.143. The van der Waals surface area contributed by atoms with Crippen LogP contribution in [0.15, 0.2) is 41.3 Å². The van der Waals surface area contributed by atoms with Crippen LogP contribution in [0.25, 0.3) is 0 Å². The van der Waals surface area contributed by atoms with Crippen molar-refractivity contribution in [2.45, 2.75) is 18.7 Å². The van der Waals surface area contributed by atoms with Gasteiger partial charge in [-0.2, -0.15) is 0 Å². The van der Waals surface area contributed by atoms with Gasteiger partial charge in [-0.05, 0) is 55.3 Å². The number of anilines is 1. The van der Waals surface area contributed by atoms with Crippen molar-refractivity contribution >= 4 is 38.9 Å². The molecule has 0 atom stereocenters. The van der Waals surface area contributed by atoms with Crippen molar-refractivity contribution < 1.29 is 8.42 Å². The van der Waals surface area contributed by atoms with Gasteiger partial charge in [0.1, 0.15) is 0 Å². The van der Waals surface area contributed by atoms with Gasteiger partial charge in [0.15, 0.2) is 0 Å². The number of benzene rings is 2. The van der Waals surface area contributed by atoms with Crippen molar-refractivity contribution in [1.29, 1.82) is 0 Å². The molecule has 106 valence electrons. The van der Waals surface area contributed by atoms with E-state index in [0.717, 1.165) is 11.1 Å². The maximum atomic E-state index is 12.3. The van der Waals surface area contributed by atoms with Crippen LogP contribution in [0.1, 0.15) is 11.1 Å². The molecule has 0 aliphatic rings. The summed E-state index contributed by atoms with van der Waals surface area (Å²) in [6, 6.07) is 9.53. The normalized spacial score (nSPS) is 11.4. The average Bonchev–Trinajstić information content (AvgIpc) is 2.34. The van der Waals surface area contributed by atoms with E-state index in [-0.39, 0.29) is 4.90 Å². The SMILES string of the molecule is Cc1cc(C)c(NS(=O)(=O)c2ccc(Cl)cc2)c(Cl)c1. The highest BCUT2D eigenvalue weighted by Crippen LogP contribution is 2.29. The third-order valence-corrected chi connectivity index (χ3v) is 4.71. The zero-order valence-corrected chi connectivity index (χ0v) is 13.3. The van der Waals surface area contributed by atoms with Crippen LogP contribution in [0, 0.1) is 13.8 Å². The van der Waals surface area contributed by atoms with Gasteiger partial charge in [-0.25, -0.2) is 8.42 Å². The largest absolute Gasteiger partial charge is 0.278 e. The van der Waals surface area contributed by atoms with E-state index in [1.165, 1.54) is 24.3 Å². The Bertz CT molecular complexity index is 717. The van der Waals surface area contributed by atoms with Crippen molar-refractivity contribution in [2.75, 3.05) is 4.72 Å². The lowest BCUT2D eigenvalue weighted by Crippen LogP contribution is -2.14. The second-order valence-corrected chi connectivity index (χ2v) is 7.02. The molecule has 0 saturated heterocycles. The number of hydrogen-bond acceptors (Lipinski definition) is 2. The summed E-state index contributed by atoms with van der Waals surface area (Å²) in [5, 5.41) is 0.855. The fourth-order valence-electron chi connectivity index (χ4n) is 1.85. The zero-order chi connectivity index (χ0) is 14.9. The lowest BCUT2D eigenvalue weighted by molar-refractivity contribution is 0.601. The summed E-state index contributed by atoms with van der Waals surface area (Å²) >= 11 is 11.9. The minimum atomic E-state index is -3.68. The molecule has 0 heterocycles. The van der Waals surface area contributed by atoms with Crippen molar-refractivity contribution in [3.8, 4) is 0 Å². The molecule has 6 heteroatoms. The van der Waals surface area contributed by atoms with Crippen LogP contribution in [-0.2, 0) is 10.0 Å². The predicted octanol–water partition coefficient (Wildman–Crippen LogP) is 4.41. The molecule has 0 aliphatic heterocycles. The quantitative estimate of drug-likeness (QED) is 0.906. The Balaban J connectivity index is 2.41. The molecule has 2 aromatic carbocycles. The summed E-state index contributed by atoms with van der Waals surface area (Å²) in [7, 11) is -3.68. The third-order valence-electron chi connectivity index (χ3n) is 2.79. The van der Waals surface area contributed by atoms with Crippen LogP contribution < -0.4 is 4.72 Å². The fourth-order valence-corrected chi connectivity index (χ4v) is 3.55. The molecule has 3 nitrogen and oxygen atoms in total. The van der Waals surface area contributed by atoms with Gasteiger partial charge in [-0.15, -0.1) is 0 Å². The molecule has 0 fully saturated rings. The maximum Gasteiger partial charge on any atom is 0.261 e. The molecule has 0 aliphatic carbocycles. The monoisotopic (exact) mass is 329 g/mol. The first-order valence-corrected chi connectivity index (χ1v) is 8.08. The van der Waals surface area contributed by atoms with E-state index < -0.39 is 10.0 Å². The molecule has 0 amide bonds. The lowest BCUT2D eigenvalue weighted by atomic mass is 10.1. The Morgan fingerprint density at radius 3 is 2.15 bits per heavy atom. The number of halogens is 2. The first-order chi connectivity index (χ1) is 9.29. The number of rotatable bonds is 3. The molecular weight excluding hydrogens is 317 g/mol. The van der Waals surface area contributed by atoms with E-state index in [1.807, 2.05) is 13.0 Å². The van der Waals surface area contributed by atoms with E-state index in [1.54, 1.807) is 13.0 Å². The number of aryl methyl sites for hydroxylation is 2. The average molecular weight is 330 g/mol. The minimum Gasteiger partial charge on any atom is -0.278 e. The van der Waals surface area contributed by atoms with Crippen LogP contribution in [0.5, 0.6) is 0 Å². The minimum absolute atomic E-state index is 0.137. The Hall–Kier alpha value is -1.23. The molecule has 20 heavy (non-hydrogen) atoms. The standard InChI is InChI=1S/C14H13Cl2NO2S/c1-9-7-10(2)14(13(16)8-9)17-20(18,19)12-5-3-11(15)4-6-12/h3-8,17H,1-2H3. The van der Waals surface area contributed by atoms with E-state index in [0.29, 0.717) is 15.7 Å². The van der Waals surface area contributed by atoms with Gasteiger partial charge < -0.3 is 0 Å². The van der Waals surface area contributed by atoms with Gasteiger partial charge in [0.25, 0.3) is 10.0 Å². The van der Waals surface area contributed by atoms with Gasteiger partial charge in [0.2, 0.25) is 0 Å². The summed E-state index contributed by atoms with van der Waals surface area (Å²) < 4.78 is 27.1. The second-order valence-electron chi connectivity index (χ2n) is 4.50. The van der Waals surface area contributed by atoms with Crippen molar-refractivity contribution in [2.24, 2.45) is 0 Å². The Labute approximate surface area is 128 Å². The number of sulfonamides is 1. The van der Waals surface area contributed by atoms with E-state index in [2.05, 4.69) is 4.72 Å². The molecule has 0 radical (unpaired) electrons. The van der Waals surface area contributed by atoms with Crippen molar-refractivity contribution in [3.63, 3.8) is 0 Å². The van der Waals surface area contributed by atoms with Crippen LogP contribution in [0.4, 0.5) is 5.69 Å². The molecule has 0 saturated carbocycles. The Kier molecular flexibility index (Phi) is 4.28. The van der Waals surface area contributed by atoms with E-state index in [4.69, 9.17) is 23.2 Å². The van der Waals surface area contributed by atoms with Crippen LogP contribution in [0.3, 0.4) is 0 Å². The Morgan fingerprint density at radius 1 is 1.00 bits per heavy atom. The summed E-state index contributed by atoms with van der Waals surface area (Å²) in [5.74, 6) is 0. The van der Waals surface area contributed by atoms with E-state index in [9.17, 15) is 8.42 Å². The van der Waals surface area contributed by atoms with Gasteiger partial charge in [-0.1, -0.05) is 29.3 Å². The summed E-state index contributed by atoms with van der Waals surface area (Å²) in [5.41, 5.74) is 2.14. The van der Waals surface area contributed by atoms with Crippen molar-refractivity contribution in [3.05, 3.63) is 57.6 Å². The number of hydrogen-bond donors (Lipinski definition) is 1. The summed E-state index contributed by atoms with van der Waals surface area (Å²) in [6.45, 7) is 3.70. The van der Waals surface area contributed by atoms with Crippen molar-refractivity contribution in [1.82, 2.24) is 0 Å². The smallest absolute Gasteiger partial charge is 0.261 e. The molecule has 2 aromatic rings. The first kappa shape index (κ1) is 15.2. The molecule has 1 N–H and O–H groups in total. The highest BCUT2D eigenvalue weighted by molar-refractivity contribution is 7.92. The van der Waals surface area contributed by atoms with Gasteiger partial charge in [0, 0.05) is 5.02 Å². The summed E-state index contributed by atoms with van der Waals surface area (Å²) in [4.78, 5) is 0.137. The van der Waals surface area contributed by atoms with Gasteiger partial charge in [0.05, 0.1) is 15.6 Å². The summed E-state index contributed by atoms with van der Waals surface area (Å²) in [6.07, 6.45) is 0. The van der Waals surface area contributed by atoms with Crippen LogP contribution in [-0.4, -0.2) is 8.42 Å². The topological polar surface area (TPSA) is 46.2 Å². The molecule has 0 unspecified atom stereocenters. The molecule has 0 spiro atoms. The third kappa shape index (κ3) is 3.26. The van der Waals surface area contributed by atoms with E-state index >= 15 is 0 Å². The van der Waals surface area contributed by atoms with Gasteiger partial charge >= 0.3 is 0 Å². The molecule has 2 rings (SSSR count). The molecule has 0 aromatic heterocycles. The lowest BCUT2D eigenvalue weighted by Gasteiger charge is -2.13. The zero-order valence-electron chi connectivity index (χ0n) is 10.9. The Morgan fingerprint density at radius 2 is 1.60 bits per heavy atom. The highest BCUT2D eigenvalue weighted by atomic mass is 35.5.